The Labute approximate surface area is 144 Å². The molecule has 0 saturated heterocycles. The van der Waals surface area contributed by atoms with Gasteiger partial charge in [0.15, 0.2) is 5.82 Å². The molecule has 4 rings (SSSR count). The van der Waals surface area contributed by atoms with Crippen molar-refractivity contribution in [2.45, 2.75) is 0 Å². The lowest BCUT2D eigenvalue weighted by Gasteiger charge is -2.17. The molecule has 1 aliphatic heterocycles. The van der Waals surface area contributed by atoms with Gasteiger partial charge in [0.2, 0.25) is 5.91 Å². The van der Waals surface area contributed by atoms with Crippen LogP contribution in [0.25, 0.3) is 16.9 Å². The maximum atomic E-state index is 12.7. The van der Waals surface area contributed by atoms with Gasteiger partial charge in [-0.3, -0.25) is 14.5 Å². The lowest BCUT2D eigenvalue weighted by atomic mass is 10.1. The average molecular weight is 332 g/mol. The van der Waals surface area contributed by atoms with Crippen molar-refractivity contribution in [2.75, 3.05) is 18.5 Å². The zero-order valence-electron chi connectivity index (χ0n) is 13.6. The number of hydrogen-bond donors (Lipinski definition) is 1. The predicted octanol–water partition coefficient (Wildman–Crippen LogP) is 2.25. The Morgan fingerprint density at radius 1 is 0.960 bits per heavy atom. The van der Waals surface area contributed by atoms with E-state index < -0.39 is 0 Å². The number of para-hydroxylation sites is 1. The molecular formula is C19H16N4O2. The van der Waals surface area contributed by atoms with E-state index in [0.29, 0.717) is 17.1 Å². The van der Waals surface area contributed by atoms with Gasteiger partial charge in [0.25, 0.3) is 5.91 Å². The first-order valence-corrected chi connectivity index (χ1v) is 7.95. The summed E-state index contributed by atoms with van der Waals surface area (Å²) in [7, 11) is 1.66. The first kappa shape index (κ1) is 15.1. The van der Waals surface area contributed by atoms with Gasteiger partial charge in [-0.1, -0.05) is 48.5 Å². The molecule has 6 heteroatoms. The van der Waals surface area contributed by atoms with E-state index in [9.17, 15) is 9.59 Å². The molecule has 0 radical (unpaired) electrons. The standard InChI is InChI=1S/C19H16N4O2/c1-22-15(24)12-20-18(25)16-17(13-8-4-2-5-9-13)21-23(19(16)22)14-10-6-3-7-11-14/h2-11H,12H2,1H3,(H,20,25). The minimum Gasteiger partial charge on any atom is -0.343 e. The number of carbonyl (C=O) groups excluding carboxylic acids is 2. The summed E-state index contributed by atoms with van der Waals surface area (Å²) in [5.41, 5.74) is 2.57. The van der Waals surface area contributed by atoms with Crippen LogP contribution in [0, 0.1) is 0 Å². The van der Waals surface area contributed by atoms with E-state index in [0.717, 1.165) is 11.3 Å². The quantitative estimate of drug-likeness (QED) is 0.783. The van der Waals surface area contributed by atoms with Gasteiger partial charge in [0.1, 0.15) is 11.3 Å². The number of nitrogens with one attached hydrogen (secondary N) is 1. The van der Waals surface area contributed by atoms with Crippen molar-refractivity contribution in [3.05, 3.63) is 66.2 Å². The van der Waals surface area contributed by atoms with Crippen molar-refractivity contribution in [1.82, 2.24) is 15.1 Å². The molecule has 1 aliphatic rings. The van der Waals surface area contributed by atoms with Crippen LogP contribution < -0.4 is 10.2 Å². The summed E-state index contributed by atoms with van der Waals surface area (Å²) in [6, 6.07) is 19.0. The number of carbonyl (C=O) groups is 2. The summed E-state index contributed by atoms with van der Waals surface area (Å²) in [6.07, 6.45) is 0. The fourth-order valence-corrected chi connectivity index (χ4v) is 2.96. The summed E-state index contributed by atoms with van der Waals surface area (Å²) < 4.78 is 1.65. The third-order valence-electron chi connectivity index (χ3n) is 4.23. The molecule has 0 fully saturated rings. The molecule has 1 N–H and O–H groups in total. The summed E-state index contributed by atoms with van der Waals surface area (Å²) in [5, 5.41) is 7.34. The van der Waals surface area contributed by atoms with Crippen molar-refractivity contribution >= 4 is 17.6 Å². The molecule has 0 saturated carbocycles. The minimum absolute atomic E-state index is 0.0347. The Balaban J connectivity index is 2.04. The number of amides is 2. The Morgan fingerprint density at radius 3 is 2.28 bits per heavy atom. The first-order chi connectivity index (χ1) is 12.2. The highest BCUT2D eigenvalue weighted by Crippen LogP contribution is 2.34. The molecule has 2 aromatic carbocycles. The van der Waals surface area contributed by atoms with Crippen LogP contribution in [-0.2, 0) is 4.79 Å². The number of benzene rings is 2. The van der Waals surface area contributed by atoms with Crippen molar-refractivity contribution < 1.29 is 9.59 Å². The highest BCUT2D eigenvalue weighted by Gasteiger charge is 2.32. The molecule has 25 heavy (non-hydrogen) atoms. The number of fused-ring (bicyclic) bond motifs is 1. The zero-order chi connectivity index (χ0) is 17.4. The Hall–Kier alpha value is -3.41. The molecule has 3 aromatic rings. The molecule has 0 bridgehead atoms. The molecule has 0 unspecified atom stereocenters. The maximum Gasteiger partial charge on any atom is 0.257 e. The number of aromatic nitrogens is 2. The highest BCUT2D eigenvalue weighted by atomic mass is 16.2. The smallest absolute Gasteiger partial charge is 0.257 e. The molecule has 2 amide bonds. The minimum atomic E-state index is -0.297. The number of likely N-dealkylation sites (N-methyl/N-ethyl adjacent to an activating group) is 1. The topological polar surface area (TPSA) is 67.2 Å². The van der Waals surface area contributed by atoms with Crippen LogP contribution in [0.2, 0.25) is 0 Å². The fraction of sp³-hybridized carbons (Fsp3) is 0.105. The number of rotatable bonds is 2. The van der Waals surface area contributed by atoms with Crippen LogP contribution in [0.4, 0.5) is 5.82 Å². The second-order valence-electron chi connectivity index (χ2n) is 5.80. The van der Waals surface area contributed by atoms with Gasteiger partial charge in [0.05, 0.1) is 12.2 Å². The van der Waals surface area contributed by atoms with Crippen LogP contribution in [0.15, 0.2) is 60.7 Å². The number of hydrogen-bond acceptors (Lipinski definition) is 3. The van der Waals surface area contributed by atoms with Crippen LogP contribution in [0.5, 0.6) is 0 Å². The normalized spacial score (nSPS) is 14.0. The van der Waals surface area contributed by atoms with Gasteiger partial charge in [-0.25, -0.2) is 4.68 Å². The summed E-state index contributed by atoms with van der Waals surface area (Å²) >= 11 is 0. The van der Waals surface area contributed by atoms with Crippen molar-refractivity contribution in [2.24, 2.45) is 0 Å². The van der Waals surface area contributed by atoms with Gasteiger partial charge in [-0.15, -0.1) is 0 Å². The fourth-order valence-electron chi connectivity index (χ4n) is 2.96. The predicted molar refractivity (Wildman–Crippen MR) is 94.7 cm³/mol. The van der Waals surface area contributed by atoms with Gasteiger partial charge in [-0.2, -0.15) is 5.10 Å². The van der Waals surface area contributed by atoms with Crippen LogP contribution in [0.1, 0.15) is 10.4 Å². The number of nitrogens with zero attached hydrogens (tertiary/aromatic N) is 3. The second kappa shape index (κ2) is 5.90. The first-order valence-electron chi connectivity index (χ1n) is 7.95. The molecule has 2 heterocycles. The number of anilines is 1. The zero-order valence-corrected chi connectivity index (χ0v) is 13.6. The monoisotopic (exact) mass is 332 g/mol. The van der Waals surface area contributed by atoms with Gasteiger partial charge in [0, 0.05) is 12.6 Å². The maximum absolute atomic E-state index is 12.7. The highest BCUT2D eigenvalue weighted by molar-refractivity contribution is 6.12. The van der Waals surface area contributed by atoms with E-state index in [-0.39, 0.29) is 18.4 Å². The molecule has 0 spiro atoms. The second-order valence-corrected chi connectivity index (χ2v) is 5.80. The van der Waals surface area contributed by atoms with E-state index in [1.54, 1.807) is 11.7 Å². The van der Waals surface area contributed by atoms with E-state index in [2.05, 4.69) is 10.4 Å². The lowest BCUT2D eigenvalue weighted by molar-refractivity contribution is -0.117. The summed E-state index contributed by atoms with van der Waals surface area (Å²) in [6.45, 7) is -0.0347. The molecular weight excluding hydrogens is 316 g/mol. The lowest BCUT2D eigenvalue weighted by Crippen LogP contribution is -2.34. The average Bonchev–Trinajstić information content (AvgIpc) is 3.02. The molecule has 1 aromatic heterocycles. The van der Waals surface area contributed by atoms with E-state index in [1.807, 2.05) is 60.7 Å². The van der Waals surface area contributed by atoms with Gasteiger partial charge < -0.3 is 5.32 Å². The summed E-state index contributed by atoms with van der Waals surface area (Å²) in [4.78, 5) is 26.5. The van der Waals surface area contributed by atoms with Crippen LogP contribution in [-0.4, -0.2) is 35.2 Å². The van der Waals surface area contributed by atoms with Crippen molar-refractivity contribution in [3.63, 3.8) is 0 Å². The van der Waals surface area contributed by atoms with Gasteiger partial charge >= 0.3 is 0 Å². The molecule has 0 atom stereocenters. The third-order valence-corrected chi connectivity index (χ3v) is 4.23. The van der Waals surface area contributed by atoms with E-state index >= 15 is 0 Å². The van der Waals surface area contributed by atoms with Crippen molar-refractivity contribution in [1.29, 1.82) is 0 Å². The Bertz CT molecular complexity index is 948. The van der Waals surface area contributed by atoms with E-state index in [1.165, 1.54) is 4.90 Å². The SMILES string of the molecule is CN1C(=O)CNC(=O)c2c(-c3ccccc3)nn(-c3ccccc3)c21. The van der Waals surface area contributed by atoms with Crippen molar-refractivity contribution in [3.8, 4) is 16.9 Å². The molecule has 6 nitrogen and oxygen atoms in total. The molecule has 124 valence electrons. The third kappa shape index (κ3) is 2.48. The van der Waals surface area contributed by atoms with E-state index in [4.69, 9.17) is 0 Å². The largest absolute Gasteiger partial charge is 0.343 e. The Morgan fingerprint density at radius 2 is 1.60 bits per heavy atom. The van der Waals surface area contributed by atoms with Gasteiger partial charge in [-0.05, 0) is 12.1 Å². The molecule has 0 aliphatic carbocycles. The summed E-state index contributed by atoms with van der Waals surface area (Å²) in [5.74, 6) is -0.0115. The van der Waals surface area contributed by atoms with Crippen LogP contribution in [0.3, 0.4) is 0 Å². The Kier molecular flexibility index (Phi) is 3.57. The van der Waals surface area contributed by atoms with Crippen LogP contribution >= 0.6 is 0 Å².